The minimum Gasteiger partial charge on any atom is -0.328 e. The van der Waals surface area contributed by atoms with Crippen LogP contribution in [0, 0.1) is 0 Å². The molecule has 0 saturated carbocycles. The predicted octanol–water partition coefficient (Wildman–Crippen LogP) is 2.72. The number of nitrogens with two attached hydrogens (primary N) is 1. The van der Waals surface area contributed by atoms with E-state index in [2.05, 4.69) is 42.3 Å². The second-order valence-corrected chi connectivity index (χ2v) is 5.83. The number of thioether (sulfide) groups is 1. The zero-order valence-corrected chi connectivity index (χ0v) is 11.5. The normalized spacial score (nSPS) is 26.1. The van der Waals surface area contributed by atoms with Crippen LogP contribution in [0.3, 0.4) is 0 Å². The maximum atomic E-state index is 5.99. The van der Waals surface area contributed by atoms with Gasteiger partial charge in [0.1, 0.15) is 0 Å². The summed E-state index contributed by atoms with van der Waals surface area (Å²) in [6.45, 7) is 4.48. The minimum absolute atomic E-state index is 0.403. The van der Waals surface area contributed by atoms with Crippen molar-refractivity contribution in [3.63, 3.8) is 0 Å². The lowest BCUT2D eigenvalue weighted by molar-refractivity contribution is 0.140. The molecule has 17 heavy (non-hydrogen) atoms. The second-order valence-electron chi connectivity index (χ2n) is 4.95. The van der Waals surface area contributed by atoms with Crippen LogP contribution in [0.1, 0.15) is 25.3 Å². The van der Waals surface area contributed by atoms with Gasteiger partial charge >= 0.3 is 0 Å². The summed E-state index contributed by atoms with van der Waals surface area (Å²) in [6, 6.07) is 9.92. The molecule has 0 amide bonds. The smallest absolute Gasteiger partial charge is 0.0236 e. The van der Waals surface area contributed by atoms with Crippen molar-refractivity contribution < 1.29 is 0 Å². The van der Waals surface area contributed by atoms with Crippen LogP contribution in [0.4, 0.5) is 0 Å². The van der Waals surface area contributed by atoms with Gasteiger partial charge in [0.2, 0.25) is 0 Å². The van der Waals surface area contributed by atoms with Gasteiger partial charge in [-0.1, -0.05) is 12.1 Å². The highest BCUT2D eigenvalue weighted by molar-refractivity contribution is 7.98. The Balaban J connectivity index is 1.95. The van der Waals surface area contributed by atoms with Gasteiger partial charge in [-0.2, -0.15) is 0 Å². The standard InChI is InChI=1S/C14H22N2S/c1-11-9-13(15)7-8-16(11)10-12-3-5-14(17-2)6-4-12/h3-6,11,13H,7-10,15H2,1-2H3. The second kappa shape index (κ2) is 5.89. The van der Waals surface area contributed by atoms with Gasteiger partial charge in [0, 0.05) is 30.1 Å². The molecule has 0 radical (unpaired) electrons. The van der Waals surface area contributed by atoms with E-state index in [1.165, 1.54) is 10.5 Å². The number of nitrogens with zero attached hydrogens (tertiary/aromatic N) is 1. The number of hydrogen-bond donors (Lipinski definition) is 1. The Morgan fingerprint density at radius 3 is 2.65 bits per heavy atom. The third kappa shape index (κ3) is 3.47. The molecule has 1 aliphatic heterocycles. The van der Waals surface area contributed by atoms with E-state index in [9.17, 15) is 0 Å². The molecule has 1 aromatic rings. The molecule has 0 bridgehead atoms. The van der Waals surface area contributed by atoms with Gasteiger partial charge in [-0.3, -0.25) is 4.90 Å². The highest BCUT2D eigenvalue weighted by Crippen LogP contribution is 2.20. The first-order valence-electron chi connectivity index (χ1n) is 6.31. The zero-order valence-electron chi connectivity index (χ0n) is 10.7. The fourth-order valence-electron chi connectivity index (χ4n) is 2.46. The van der Waals surface area contributed by atoms with Crippen LogP contribution in [-0.4, -0.2) is 29.8 Å². The van der Waals surface area contributed by atoms with E-state index < -0.39 is 0 Å². The first-order valence-corrected chi connectivity index (χ1v) is 7.54. The van der Waals surface area contributed by atoms with Crippen molar-refractivity contribution in [2.75, 3.05) is 12.8 Å². The Morgan fingerprint density at radius 2 is 2.06 bits per heavy atom. The van der Waals surface area contributed by atoms with Crippen molar-refractivity contribution in [3.8, 4) is 0 Å². The van der Waals surface area contributed by atoms with E-state index in [0.29, 0.717) is 12.1 Å². The Labute approximate surface area is 109 Å². The Bertz CT molecular complexity index is 350. The maximum Gasteiger partial charge on any atom is 0.0236 e. The largest absolute Gasteiger partial charge is 0.328 e. The monoisotopic (exact) mass is 250 g/mol. The summed E-state index contributed by atoms with van der Waals surface area (Å²) in [5.41, 5.74) is 7.40. The lowest BCUT2D eigenvalue weighted by Gasteiger charge is -2.36. The number of likely N-dealkylation sites (tertiary alicyclic amines) is 1. The predicted molar refractivity (Wildman–Crippen MR) is 75.3 cm³/mol. The van der Waals surface area contributed by atoms with Crippen molar-refractivity contribution >= 4 is 11.8 Å². The van der Waals surface area contributed by atoms with Gasteiger partial charge in [-0.25, -0.2) is 0 Å². The molecule has 1 fully saturated rings. The molecule has 1 aromatic carbocycles. The minimum atomic E-state index is 0.403. The van der Waals surface area contributed by atoms with E-state index in [1.807, 2.05) is 0 Å². The molecule has 2 atom stereocenters. The number of piperidine rings is 1. The summed E-state index contributed by atoms with van der Waals surface area (Å²) >= 11 is 1.79. The van der Waals surface area contributed by atoms with E-state index in [0.717, 1.165) is 25.9 Å². The van der Waals surface area contributed by atoms with Crippen LogP contribution in [-0.2, 0) is 6.54 Å². The quantitative estimate of drug-likeness (QED) is 0.836. The Morgan fingerprint density at radius 1 is 1.35 bits per heavy atom. The molecule has 1 aliphatic rings. The van der Waals surface area contributed by atoms with Gasteiger partial charge in [-0.05, 0) is 43.7 Å². The van der Waals surface area contributed by atoms with E-state index in [1.54, 1.807) is 11.8 Å². The Kier molecular flexibility index (Phi) is 4.48. The fraction of sp³-hybridized carbons (Fsp3) is 0.571. The molecular weight excluding hydrogens is 228 g/mol. The summed E-state index contributed by atoms with van der Waals surface area (Å²) in [7, 11) is 0. The molecule has 2 N–H and O–H groups in total. The van der Waals surface area contributed by atoms with Gasteiger partial charge in [0.15, 0.2) is 0 Å². The first-order chi connectivity index (χ1) is 8.19. The average molecular weight is 250 g/mol. The molecule has 2 unspecified atom stereocenters. The topological polar surface area (TPSA) is 29.3 Å². The molecule has 3 heteroatoms. The Hall–Kier alpha value is -0.510. The van der Waals surface area contributed by atoms with E-state index in [-0.39, 0.29) is 0 Å². The van der Waals surface area contributed by atoms with Crippen molar-refractivity contribution in [3.05, 3.63) is 29.8 Å². The molecule has 1 heterocycles. The lowest BCUT2D eigenvalue weighted by atomic mass is 9.98. The first kappa shape index (κ1) is 12.9. The molecule has 2 nitrogen and oxygen atoms in total. The van der Waals surface area contributed by atoms with Crippen LogP contribution in [0.15, 0.2) is 29.2 Å². The van der Waals surface area contributed by atoms with Gasteiger partial charge < -0.3 is 5.73 Å². The van der Waals surface area contributed by atoms with Crippen LogP contribution >= 0.6 is 11.8 Å². The van der Waals surface area contributed by atoms with Gasteiger partial charge in [0.25, 0.3) is 0 Å². The van der Waals surface area contributed by atoms with E-state index >= 15 is 0 Å². The SMILES string of the molecule is CSc1ccc(CN2CCC(N)CC2C)cc1. The highest BCUT2D eigenvalue weighted by Gasteiger charge is 2.22. The fourth-order valence-corrected chi connectivity index (χ4v) is 2.87. The third-order valence-electron chi connectivity index (χ3n) is 3.60. The highest BCUT2D eigenvalue weighted by atomic mass is 32.2. The molecule has 94 valence electrons. The number of rotatable bonds is 3. The summed E-state index contributed by atoms with van der Waals surface area (Å²) in [5, 5.41) is 0. The van der Waals surface area contributed by atoms with Gasteiger partial charge in [0.05, 0.1) is 0 Å². The number of hydrogen-bond acceptors (Lipinski definition) is 3. The van der Waals surface area contributed by atoms with Crippen LogP contribution in [0.2, 0.25) is 0 Å². The third-order valence-corrected chi connectivity index (χ3v) is 4.34. The average Bonchev–Trinajstić information content (AvgIpc) is 2.34. The van der Waals surface area contributed by atoms with Crippen molar-refractivity contribution in [2.24, 2.45) is 5.73 Å². The molecule has 0 spiro atoms. The summed E-state index contributed by atoms with van der Waals surface area (Å²) in [6.07, 6.45) is 4.37. The van der Waals surface area contributed by atoms with Crippen molar-refractivity contribution in [2.45, 2.75) is 43.3 Å². The van der Waals surface area contributed by atoms with Crippen molar-refractivity contribution in [1.82, 2.24) is 4.90 Å². The van der Waals surface area contributed by atoms with Crippen molar-refractivity contribution in [1.29, 1.82) is 0 Å². The maximum absolute atomic E-state index is 5.99. The van der Waals surface area contributed by atoms with Crippen LogP contribution < -0.4 is 5.73 Å². The summed E-state index contributed by atoms with van der Waals surface area (Å²) in [5.74, 6) is 0. The molecule has 0 aromatic heterocycles. The lowest BCUT2D eigenvalue weighted by Crippen LogP contribution is -2.44. The summed E-state index contributed by atoms with van der Waals surface area (Å²) < 4.78 is 0. The van der Waals surface area contributed by atoms with Gasteiger partial charge in [-0.15, -0.1) is 11.8 Å². The molecule has 2 rings (SSSR count). The zero-order chi connectivity index (χ0) is 12.3. The molecular formula is C14H22N2S. The summed E-state index contributed by atoms with van der Waals surface area (Å²) in [4.78, 5) is 3.87. The number of benzene rings is 1. The molecule has 1 saturated heterocycles. The van der Waals surface area contributed by atoms with E-state index in [4.69, 9.17) is 5.73 Å². The molecule has 0 aliphatic carbocycles. The van der Waals surface area contributed by atoms with Crippen LogP contribution in [0.5, 0.6) is 0 Å². The van der Waals surface area contributed by atoms with Crippen LogP contribution in [0.25, 0.3) is 0 Å².